The number of anilines is 1. The number of rotatable bonds is 4. The first kappa shape index (κ1) is 19.8. The van der Waals surface area contributed by atoms with E-state index >= 15 is 0 Å². The molecule has 0 aliphatic carbocycles. The molecule has 134 valence electrons. The van der Waals surface area contributed by atoms with Gasteiger partial charge in [-0.3, -0.25) is 9.59 Å². The Morgan fingerprint density at radius 1 is 1.46 bits per heavy atom. The Bertz CT molecular complexity index is 851. The molecule has 1 aromatic rings. The van der Waals surface area contributed by atoms with Crippen LogP contribution in [0.2, 0.25) is 5.02 Å². The van der Waals surface area contributed by atoms with Crippen LogP contribution in [0.5, 0.6) is 0 Å². The minimum absolute atomic E-state index is 0.276. The summed E-state index contributed by atoms with van der Waals surface area (Å²) >= 11 is 6.81. The average molecular weight is 390 g/mol. The molecule has 2 atom stereocenters. The van der Waals surface area contributed by atoms with Crippen LogP contribution in [0.1, 0.15) is 20.8 Å². The van der Waals surface area contributed by atoms with Gasteiger partial charge in [0.15, 0.2) is 0 Å². The largest absolute Gasteiger partial charge is 0.319 e. The molecule has 0 bridgehead atoms. The molecule has 1 aliphatic rings. The summed E-state index contributed by atoms with van der Waals surface area (Å²) in [5.74, 6) is -1.45. The summed E-state index contributed by atoms with van der Waals surface area (Å²) in [6.45, 7) is 4.98. The lowest BCUT2D eigenvalue weighted by atomic mass is 9.72. The number of carbonyl (C=O) groups is 2. The first-order chi connectivity index (χ1) is 12.2. The van der Waals surface area contributed by atoms with Crippen molar-refractivity contribution in [1.29, 1.82) is 10.5 Å². The average Bonchev–Trinajstić information content (AvgIpc) is 2.56. The van der Waals surface area contributed by atoms with Crippen LogP contribution in [0.25, 0.3) is 0 Å². The van der Waals surface area contributed by atoms with Crippen LogP contribution in [-0.4, -0.2) is 22.0 Å². The van der Waals surface area contributed by atoms with Gasteiger partial charge < -0.3 is 10.6 Å². The van der Waals surface area contributed by atoms with Gasteiger partial charge in [0.1, 0.15) is 11.7 Å². The first-order valence-electron chi connectivity index (χ1n) is 7.65. The molecule has 2 heterocycles. The van der Waals surface area contributed by atoms with Crippen LogP contribution < -0.4 is 10.6 Å². The summed E-state index contributed by atoms with van der Waals surface area (Å²) in [5.41, 5.74) is -0.667. The quantitative estimate of drug-likeness (QED) is 0.817. The third kappa shape index (κ3) is 3.98. The summed E-state index contributed by atoms with van der Waals surface area (Å²) < 4.78 is 0. The molecular formula is C17H16ClN5O2S. The number of amides is 2. The van der Waals surface area contributed by atoms with Gasteiger partial charge in [-0.1, -0.05) is 37.2 Å². The van der Waals surface area contributed by atoms with Crippen LogP contribution >= 0.6 is 23.4 Å². The third-order valence-corrected chi connectivity index (χ3v) is 5.31. The van der Waals surface area contributed by atoms with Crippen molar-refractivity contribution in [3.05, 3.63) is 34.0 Å². The summed E-state index contributed by atoms with van der Waals surface area (Å²) in [7, 11) is 0. The Balaban J connectivity index is 2.20. The predicted octanol–water partition coefficient (Wildman–Crippen LogP) is 2.83. The molecule has 7 nitrogen and oxygen atoms in total. The van der Waals surface area contributed by atoms with Crippen molar-refractivity contribution in [3.63, 3.8) is 0 Å². The number of nitriles is 2. The smallest absolute Gasteiger partial charge is 0.243 e. The first-order valence-corrected chi connectivity index (χ1v) is 8.91. The lowest BCUT2D eigenvalue weighted by Gasteiger charge is -2.35. The molecule has 9 heteroatoms. The highest BCUT2D eigenvalue weighted by molar-refractivity contribution is 8.04. The molecule has 2 amide bonds. The van der Waals surface area contributed by atoms with Gasteiger partial charge in [0.25, 0.3) is 0 Å². The normalized spacial score (nSPS) is 19.8. The van der Waals surface area contributed by atoms with Crippen LogP contribution in [0, 0.1) is 34.0 Å². The molecular weight excluding hydrogens is 374 g/mol. The number of pyridine rings is 1. The monoisotopic (exact) mass is 389 g/mol. The second-order valence-electron chi connectivity index (χ2n) is 6.20. The van der Waals surface area contributed by atoms with E-state index in [0.717, 1.165) is 11.8 Å². The molecule has 0 unspecified atom stereocenters. The van der Waals surface area contributed by atoms with Gasteiger partial charge in [0.05, 0.1) is 33.0 Å². The number of allylic oxidation sites excluding steroid dienone is 1. The van der Waals surface area contributed by atoms with E-state index in [4.69, 9.17) is 11.6 Å². The van der Waals surface area contributed by atoms with Crippen LogP contribution in [0.15, 0.2) is 28.9 Å². The Kier molecular flexibility index (Phi) is 5.91. The van der Waals surface area contributed by atoms with E-state index in [2.05, 4.69) is 21.7 Å². The molecule has 1 aliphatic heterocycles. The molecule has 0 saturated carbocycles. The zero-order chi connectivity index (χ0) is 19.5. The molecule has 0 radical (unpaired) electrons. The van der Waals surface area contributed by atoms with E-state index in [-0.39, 0.29) is 11.5 Å². The molecule has 26 heavy (non-hydrogen) atoms. The summed E-state index contributed by atoms with van der Waals surface area (Å²) in [4.78, 5) is 28.5. The number of nitrogens with one attached hydrogen (secondary N) is 2. The topological polar surface area (TPSA) is 119 Å². The summed E-state index contributed by atoms with van der Waals surface area (Å²) in [6, 6.07) is 7.17. The maximum Gasteiger partial charge on any atom is 0.243 e. The fourth-order valence-corrected chi connectivity index (χ4v) is 3.64. The van der Waals surface area contributed by atoms with Gasteiger partial charge in [-0.15, -0.1) is 0 Å². The van der Waals surface area contributed by atoms with Crippen molar-refractivity contribution in [2.24, 2.45) is 11.3 Å². The maximum absolute atomic E-state index is 12.4. The van der Waals surface area contributed by atoms with E-state index in [1.807, 2.05) is 6.07 Å². The number of aromatic nitrogens is 1. The second kappa shape index (κ2) is 7.77. The highest BCUT2D eigenvalue weighted by Gasteiger charge is 2.45. The number of hydrogen-bond acceptors (Lipinski definition) is 6. The highest BCUT2D eigenvalue weighted by atomic mass is 35.5. The number of hydrogen-bond donors (Lipinski definition) is 2. The van der Waals surface area contributed by atoms with Crippen LogP contribution in [0.3, 0.4) is 0 Å². The van der Waals surface area contributed by atoms with E-state index in [1.165, 1.54) is 6.20 Å². The lowest BCUT2D eigenvalue weighted by molar-refractivity contribution is -0.125. The Hall–Kier alpha value is -2.55. The van der Waals surface area contributed by atoms with Gasteiger partial charge in [0.2, 0.25) is 11.8 Å². The molecule has 0 spiro atoms. The standard InChI is InChI=1S/C17H16ClN5O2S/c1-9(14(24)22-13-5-4-10(18)8-21-13)26-16-12(7-20)17(2,3)11(6-19)15(25)23-16/h4-5,8-9,11H,1-3H3,(H,23,25)(H,21,22,24)/t9-,11+/m0/s1. The van der Waals surface area contributed by atoms with Crippen molar-refractivity contribution < 1.29 is 9.59 Å². The fraction of sp³-hybridized carbons (Fsp3) is 0.353. The van der Waals surface area contributed by atoms with Gasteiger partial charge >= 0.3 is 0 Å². The zero-order valence-electron chi connectivity index (χ0n) is 14.3. The lowest BCUT2D eigenvalue weighted by Crippen LogP contribution is -2.45. The van der Waals surface area contributed by atoms with E-state index in [9.17, 15) is 20.1 Å². The molecule has 0 aromatic carbocycles. The second-order valence-corrected chi connectivity index (χ2v) is 7.99. The minimum atomic E-state index is -0.969. The number of thioether (sulfide) groups is 1. The number of halogens is 1. The van der Waals surface area contributed by atoms with Gasteiger partial charge in [-0.2, -0.15) is 10.5 Å². The van der Waals surface area contributed by atoms with Gasteiger partial charge in [-0.05, 0) is 19.1 Å². The third-order valence-electron chi connectivity index (χ3n) is 3.98. The van der Waals surface area contributed by atoms with Crippen molar-refractivity contribution in [2.75, 3.05) is 5.32 Å². The summed E-state index contributed by atoms with van der Waals surface area (Å²) in [6.07, 6.45) is 1.41. The van der Waals surface area contributed by atoms with Crippen molar-refractivity contribution in [3.8, 4) is 12.1 Å². The minimum Gasteiger partial charge on any atom is -0.319 e. The number of carbonyl (C=O) groups excluding carboxylic acids is 2. The maximum atomic E-state index is 12.4. The molecule has 2 rings (SSSR count). The van der Waals surface area contributed by atoms with Crippen molar-refractivity contribution in [1.82, 2.24) is 10.3 Å². The molecule has 1 aromatic heterocycles. The zero-order valence-corrected chi connectivity index (χ0v) is 15.9. The van der Waals surface area contributed by atoms with Crippen molar-refractivity contribution in [2.45, 2.75) is 26.0 Å². The Morgan fingerprint density at radius 3 is 2.69 bits per heavy atom. The predicted molar refractivity (Wildman–Crippen MR) is 98.6 cm³/mol. The van der Waals surface area contributed by atoms with E-state index in [1.54, 1.807) is 32.9 Å². The van der Waals surface area contributed by atoms with Gasteiger partial charge in [0, 0.05) is 11.6 Å². The van der Waals surface area contributed by atoms with Gasteiger partial charge in [-0.25, -0.2) is 4.98 Å². The van der Waals surface area contributed by atoms with Crippen molar-refractivity contribution >= 4 is 41.0 Å². The molecule has 0 saturated heterocycles. The molecule has 2 N–H and O–H groups in total. The highest BCUT2D eigenvalue weighted by Crippen LogP contribution is 2.42. The Morgan fingerprint density at radius 2 is 2.15 bits per heavy atom. The van der Waals surface area contributed by atoms with Crippen LogP contribution in [-0.2, 0) is 9.59 Å². The fourth-order valence-electron chi connectivity index (χ4n) is 2.42. The summed E-state index contributed by atoms with van der Waals surface area (Å²) in [5, 5.41) is 24.1. The number of nitrogens with zero attached hydrogens (tertiary/aromatic N) is 3. The molecule has 0 fully saturated rings. The van der Waals surface area contributed by atoms with Crippen LogP contribution in [0.4, 0.5) is 5.82 Å². The SMILES string of the molecule is C[C@H](SC1=C(C#N)C(C)(C)[C@H](C#N)C(=O)N1)C(=O)Nc1ccc(Cl)cn1. The van der Waals surface area contributed by atoms with E-state index in [0.29, 0.717) is 15.9 Å². The van der Waals surface area contributed by atoms with E-state index < -0.39 is 22.5 Å². The Labute approximate surface area is 160 Å².